The number of para-hydroxylation sites is 3. The van der Waals surface area contributed by atoms with Gasteiger partial charge in [0.05, 0.1) is 36.7 Å². The van der Waals surface area contributed by atoms with Crippen molar-refractivity contribution in [1.82, 2.24) is 0 Å². The summed E-state index contributed by atoms with van der Waals surface area (Å²) in [5.41, 5.74) is 5.52. The Labute approximate surface area is 198 Å². The molecule has 0 amide bonds. The molecule has 2 atom stereocenters. The highest BCUT2D eigenvalue weighted by molar-refractivity contribution is 6.32. The van der Waals surface area contributed by atoms with E-state index in [-0.39, 0.29) is 17.7 Å². The lowest BCUT2D eigenvalue weighted by molar-refractivity contribution is -0.116. The Bertz CT molecular complexity index is 1250. The van der Waals surface area contributed by atoms with Crippen molar-refractivity contribution in [3.8, 4) is 11.5 Å². The van der Waals surface area contributed by atoms with Crippen molar-refractivity contribution < 1.29 is 14.3 Å². The molecule has 1 heterocycles. The van der Waals surface area contributed by atoms with Crippen LogP contribution in [0.1, 0.15) is 35.9 Å². The topological polar surface area (TPSA) is 59.6 Å². The Morgan fingerprint density at radius 3 is 2.36 bits per heavy atom. The fourth-order valence-electron chi connectivity index (χ4n) is 4.83. The highest BCUT2D eigenvalue weighted by atomic mass is 35.5. The predicted molar refractivity (Wildman–Crippen MR) is 131 cm³/mol. The number of carbonyl (C=O) groups excluding carboxylic acids is 1. The number of anilines is 2. The van der Waals surface area contributed by atoms with Gasteiger partial charge in [0.25, 0.3) is 0 Å². The van der Waals surface area contributed by atoms with Crippen LogP contribution in [0.25, 0.3) is 0 Å². The van der Waals surface area contributed by atoms with Crippen LogP contribution in [-0.4, -0.2) is 20.0 Å². The lowest BCUT2D eigenvalue weighted by atomic mass is 9.78. The van der Waals surface area contributed by atoms with Crippen LogP contribution in [0.5, 0.6) is 11.5 Å². The van der Waals surface area contributed by atoms with Gasteiger partial charge in [-0.15, -0.1) is 0 Å². The minimum atomic E-state index is -0.328. The van der Waals surface area contributed by atoms with Crippen molar-refractivity contribution >= 4 is 28.8 Å². The zero-order valence-electron chi connectivity index (χ0n) is 18.5. The molecule has 0 bridgehead atoms. The molecule has 0 spiro atoms. The van der Waals surface area contributed by atoms with Crippen molar-refractivity contribution in [3.63, 3.8) is 0 Å². The molecule has 2 unspecified atom stereocenters. The van der Waals surface area contributed by atoms with Gasteiger partial charge in [-0.1, -0.05) is 48.0 Å². The fourth-order valence-corrected chi connectivity index (χ4v) is 5.09. The van der Waals surface area contributed by atoms with E-state index in [1.54, 1.807) is 14.2 Å². The third-order valence-electron chi connectivity index (χ3n) is 6.40. The Morgan fingerprint density at radius 2 is 1.61 bits per heavy atom. The average molecular weight is 461 g/mol. The lowest BCUT2D eigenvalue weighted by Gasteiger charge is -2.30. The van der Waals surface area contributed by atoms with Crippen LogP contribution in [0.2, 0.25) is 5.02 Å². The van der Waals surface area contributed by atoms with Crippen LogP contribution in [0.3, 0.4) is 0 Å². The fraction of sp³-hybridized carbons (Fsp3) is 0.222. The molecule has 5 nitrogen and oxygen atoms in total. The minimum Gasteiger partial charge on any atom is -0.496 e. The van der Waals surface area contributed by atoms with Gasteiger partial charge in [-0.2, -0.15) is 0 Å². The summed E-state index contributed by atoms with van der Waals surface area (Å²) in [4.78, 5) is 13.7. The van der Waals surface area contributed by atoms with E-state index < -0.39 is 0 Å². The van der Waals surface area contributed by atoms with Crippen LogP contribution >= 0.6 is 11.6 Å². The molecule has 2 N–H and O–H groups in total. The second-order valence-electron chi connectivity index (χ2n) is 8.30. The van der Waals surface area contributed by atoms with Crippen LogP contribution < -0.4 is 20.1 Å². The van der Waals surface area contributed by atoms with Crippen LogP contribution in [0, 0.1) is 0 Å². The second kappa shape index (κ2) is 8.83. The molecule has 0 aromatic heterocycles. The summed E-state index contributed by atoms with van der Waals surface area (Å²) in [6, 6.07) is 21.3. The number of methoxy groups -OCH3 is 2. The summed E-state index contributed by atoms with van der Waals surface area (Å²) in [7, 11) is 3.26. The largest absolute Gasteiger partial charge is 0.496 e. The number of hydrogen-bond donors (Lipinski definition) is 2. The highest BCUT2D eigenvalue weighted by Crippen LogP contribution is 2.46. The van der Waals surface area contributed by atoms with Crippen molar-refractivity contribution in [2.24, 2.45) is 0 Å². The Hall–Kier alpha value is -3.44. The molecule has 5 rings (SSSR count). The van der Waals surface area contributed by atoms with Crippen LogP contribution in [0.15, 0.2) is 78.0 Å². The number of fused-ring (bicyclic) bond motifs is 1. The first-order valence-electron chi connectivity index (χ1n) is 10.9. The highest BCUT2D eigenvalue weighted by Gasteiger charge is 2.36. The number of rotatable bonds is 4. The van der Waals surface area contributed by atoms with Crippen molar-refractivity contribution in [2.45, 2.75) is 24.8 Å². The molecule has 6 heteroatoms. The SMILES string of the molecule is COc1ccc(C2Nc3ccccc3NC3=C2C(=O)CC(c2ccccc2OC)C3)cc1Cl. The van der Waals surface area contributed by atoms with E-state index in [0.717, 1.165) is 39.5 Å². The molecular weight excluding hydrogens is 436 g/mol. The summed E-state index contributed by atoms with van der Waals surface area (Å²) < 4.78 is 10.9. The van der Waals surface area contributed by atoms with E-state index in [2.05, 4.69) is 10.6 Å². The van der Waals surface area contributed by atoms with E-state index in [1.807, 2.05) is 66.7 Å². The predicted octanol–water partition coefficient (Wildman–Crippen LogP) is 6.34. The maximum atomic E-state index is 13.7. The van der Waals surface area contributed by atoms with Gasteiger partial charge < -0.3 is 20.1 Å². The van der Waals surface area contributed by atoms with E-state index in [0.29, 0.717) is 23.6 Å². The monoisotopic (exact) mass is 460 g/mol. The molecule has 0 saturated carbocycles. The van der Waals surface area contributed by atoms with Gasteiger partial charge in [-0.3, -0.25) is 4.79 Å². The number of ether oxygens (including phenoxy) is 2. The standard InChI is InChI=1S/C27H25ClN2O3/c1-32-24-10-6-3-7-18(24)17-14-22-26(23(31)15-17)27(16-11-12-25(33-2)19(28)13-16)30-21-9-5-4-8-20(21)29-22/h3-13,17,27,29-30H,14-15H2,1-2H3. The maximum absolute atomic E-state index is 13.7. The van der Waals surface area contributed by atoms with E-state index in [9.17, 15) is 4.79 Å². The summed E-state index contributed by atoms with van der Waals surface area (Å²) in [5, 5.41) is 7.66. The normalized spacial score (nSPS) is 19.5. The molecule has 168 valence electrons. The van der Waals surface area contributed by atoms with Crippen LogP contribution in [0.4, 0.5) is 11.4 Å². The van der Waals surface area contributed by atoms with Gasteiger partial charge >= 0.3 is 0 Å². The summed E-state index contributed by atoms with van der Waals surface area (Å²) in [6.07, 6.45) is 1.12. The Kier molecular flexibility index (Phi) is 5.73. The zero-order valence-corrected chi connectivity index (χ0v) is 19.3. The van der Waals surface area contributed by atoms with E-state index >= 15 is 0 Å². The third kappa shape index (κ3) is 3.93. The first kappa shape index (κ1) is 21.4. The first-order chi connectivity index (χ1) is 16.1. The number of hydrogen-bond acceptors (Lipinski definition) is 5. The number of ketones is 1. The molecule has 1 aliphatic heterocycles. The van der Waals surface area contributed by atoms with Gasteiger partial charge in [-0.25, -0.2) is 0 Å². The zero-order chi connectivity index (χ0) is 22.9. The van der Waals surface area contributed by atoms with Crippen molar-refractivity contribution in [2.75, 3.05) is 24.9 Å². The molecule has 0 saturated heterocycles. The number of Topliss-reactive ketones (excluding diaryl/α,β-unsaturated/α-hetero) is 1. The average Bonchev–Trinajstić information content (AvgIpc) is 3.01. The first-order valence-corrected chi connectivity index (χ1v) is 11.3. The van der Waals surface area contributed by atoms with E-state index in [1.165, 1.54) is 0 Å². The van der Waals surface area contributed by atoms with Gasteiger partial charge in [0.15, 0.2) is 5.78 Å². The molecule has 0 radical (unpaired) electrons. The molecule has 3 aromatic rings. The van der Waals surface area contributed by atoms with Gasteiger partial charge in [0.2, 0.25) is 0 Å². The van der Waals surface area contributed by atoms with E-state index in [4.69, 9.17) is 21.1 Å². The smallest absolute Gasteiger partial charge is 0.163 e. The summed E-state index contributed by atoms with van der Waals surface area (Å²) in [5.74, 6) is 1.56. The molecule has 2 aliphatic rings. The molecule has 0 fully saturated rings. The minimum absolute atomic E-state index is 0.0327. The molecule has 1 aliphatic carbocycles. The quantitative estimate of drug-likeness (QED) is 0.476. The molecule has 33 heavy (non-hydrogen) atoms. The second-order valence-corrected chi connectivity index (χ2v) is 8.71. The van der Waals surface area contributed by atoms with Crippen molar-refractivity contribution in [1.29, 1.82) is 0 Å². The van der Waals surface area contributed by atoms with Gasteiger partial charge in [0, 0.05) is 23.6 Å². The summed E-state index contributed by atoms with van der Waals surface area (Å²) in [6.45, 7) is 0. The van der Waals surface area contributed by atoms with Gasteiger partial charge in [-0.05, 0) is 47.9 Å². The number of halogens is 1. The number of nitrogens with one attached hydrogen (secondary N) is 2. The number of carbonyl (C=O) groups is 1. The lowest BCUT2D eigenvalue weighted by Crippen LogP contribution is -2.27. The Morgan fingerprint density at radius 1 is 0.879 bits per heavy atom. The number of benzene rings is 3. The third-order valence-corrected chi connectivity index (χ3v) is 6.69. The van der Waals surface area contributed by atoms with Crippen LogP contribution in [-0.2, 0) is 4.79 Å². The van der Waals surface area contributed by atoms with Gasteiger partial charge in [0.1, 0.15) is 11.5 Å². The van der Waals surface area contributed by atoms with Crippen molar-refractivity contribution in [3.05, 3.63) is 94.1 Å². The maximum Gasteiger partial charge on any atom is 0.163 e. The molecular formula is C27H25ClN2O3. The Balaban J connectivity index is 1.62. The summed E-state index contributed by atoms with van der Waals surface area (Å²) >= 11 is 6.45. The molecule has 3 aromatic carbocycles. The number of allylic oxidation sites excluding steroid dienone is 1.